The lowest BCUT2D eigenvalue weighted by molar-refractivity contribution is 0.753. The van der Waals surface area contributed by atoms with Crippen LogP contribution in [0.5, 0.6) is 0 Å². The number of hydrogen-bond donors (Lipinski definition) is 1. The SMILES string of the molecule is CCCc1ncc2c(n1)CNC2. The highest BCUT2D eigenvalue weighted by molar-refractivity contribution is 5.21. The van der Waals surface area contributed by atoms with Gasteiger partial charge in [-0.05, 0) is 6.42 Å². The van der Waals surface area contributed by atoms with Crippen LogP contribution in [-0.2, 0) is 19.5 Å². The van der Waals surface area contributed by atoms with Crippen LogP contribution in [0.2, 0.25) is 0 Å². The first-order valence-corrected chi connectivity index (χ1v) is 4.44. The molecule has 1 aliphatic heterocycles. The number of nitrogens with zero attached hydrogens (tertiary/aromatic N) is 2. The lowest BCUT2D eigenvalue weighted by atomic mass is 10.2. The molecule has 1 aliphatic rings. The molecule has 0 atom stereocenters. The second kappa shape index (κ2) is 3.19. The maximum absolute atomic E-state index is 4.47. The number of aryl methyl sites for hydroxylation is 1. The van der Waals surface area contributed by atoms with Crippen LogP contribution in [0.4, 0.5) is 0 Å². The van der Waals surface area contributed by atoms with Gasteiger partial charge in [-0.1, -0.05) is 6.92 Å². The van der Waals surface area contributed by atoms with Crippen molar-refractivity contribution in [3.63, 3.8) is 0 Å². The molecule has 0 aromatic carbocycles. The van der Waals surface area contributed by atoms with Crippen molar-refractivity contribution in [2.45, 2.75) is 32.9 Å². The van der Waals surface area contributed by atoms with E-state index in [-0.39, 0.29) is 0 Å². The smallest absolute Gasteiger partial charge is 0.128 e. The third-order valence-corrected chi connectivity index (χ3v) is 2.09. The van der Waals surface area contributed by atoms with E-state index in [1.165, 1.54) is 11.3 Å². The lowest BCUT2D eigenvalue weighted by Gasteiger charge is -1.99. The summed E-state index contributed by atoms with van der Waals surface area (Å²) in [6.45, 7) is 3.99. The van der Waals surface area contributed by atoms with E-state index >= 15 is 0 Å². The van der Waals surface area contributed by atoms with Gasteiger partial charge < -0.3 is 5.32 Å². The summed E-state index contributed by atoms with van der Waals surface area (Å²) in [5.74, 6) is 0.986. The van der Waals surface area contributed by atoms with Crippen LogP contribution in [0.3, 0.4) is 0 Å². The van der Waals surface area contributed by atoms with Crippen LogP contribution in [0.25, 0.3) is 0 Å². The molecular weight excluding hydrogens is 150 g/mol. The summed E-state index contributed by atoms with van der Waals surface area (Å²) in [5, 5.41) is 3.25. The second-order valence-electron chi connectivity index (χ2n) is 3.11. The first-order chi connectivity index (χ1) is 5.90. The standard InChI is InChI=1S/C9H13N3/c1-2-3-9-11-5-7-4-10-6-8(7)12-9/h5,10H,2-4,6H2,1H3. The Morgan fingerprint density at radius 3 is 3.25 bits per heavy atom. The van der Waals surface area contributed by atoms with Crippen molar-refractivity contribution < 1.29 is 0 Å². The minimum absolute atomic E-state index is 0.911. The van der Waals surface area contributed by atoms with Crippen molar-refractivity contribution >= 4 is 0 Å². The maximum Gasteiger partial charge on any atom is 0.128 e. The Morgan fingerprint density at radius 1 is 1.50 bits per heavy atom. The number of aromatic nitrogens is 2. The summed E-state index contributed by atoms with van der Waals surface area (Å²) in [5.41, 5.74) is 2.45. The summed E-state index contributed by atoms with van der Waals surface area (Å²) in [7, 11) is 0. The fourth-order valence-corrected chi connectivity index (χ4v) is 1.44. The quantitative estimate of drug-likeness (QED) is 0.707. The topological polar surface area (TPSA) is 37.8 Å². The molecule has 1 aromatic heterocycles. The van der Waals surface area contributed by atoms with Crippen LogP contribution < -0.4 is 5.32 Å². The molecule has 12 heavy (non-hydrogen) atoms. The molecule has 0 spiro atoms. The molecule has 1 aromatic rings. The first-order valence-electron chi connectivity index (χ1n) is 4.44. The highest BCUT2D eigenvalue weighted by Gasteiger charge is 2.11. The fourth-order valence-electron chi connectivity index (χ4n) is 1.44. The summed E-state index contributed by atoms with van der Waals surface area (Å²) in [6.07, 6.45) is 4.06. The van der Waals surface area contributed by atoms with Crippen molar-refractivity contribution in [2.24, 2.45) is 0 Å². The zero-order chi connectivity index (χ0) is 8.39. The zero-order valence-electron chi connectivity index (χ0n) is 7.30. The Labute approximate surface area is 72.2 Å². The minimum atomic E-state index is 0.911. The molecule has 2 rings (SSSR count). The molecule has 2 heterocycles. The van der Waals surface area contributed by atoms with E-state index < -0.39 is 0 Å². The molecule has 3 nitrogen and oxygen atoms in total. The third-order valence-electron chi connectivity index (χ3n) is 2.09. The van der Waals surface area contributed by atoms with Crippen molar-refractivity contribution in [1.29, 1.82) is 0 Å². The van der Waals surface area contributed by atoms with Gasteiger partial charge in [0.25, 0.3) is 0 Å². The summed E-state index contributed by atoms with van der Waals surface area (Å²) in [4.78, 5) is 8.76. The average molecular weight is 163 g/mol. The van der Waals surface area contributed by atoms with Gasteiger partial charge in [-0.2, -0.15) is 0 Å². The molecule has 3 heteroatoms. The average Bonchev–Trinajstić information content (AvgIpc) is 2.51. The maximum atomic E-state index is 4.47. The van der Waals surface area contributed by atoms with Crippen LogP contribution in [0.15, 0.2) is 6.20 Å². The van der Waals surface area contributed by atoms with Crippen LogP contribution in [0.1, 0.15) is 30.4 Å². The molecule has 1 N–H and O–H groups in total. The van der Waals surface area contributed by atoms with E-state index in [1.807, 2.05) is 6.20 Å². The molecule has 0 saturated carbocycles. The predicted molar refractivity (Wildman–Crippen MR) is 46.6 cm³/mol. The number of nitrogens with one attached hydrogen (secondary N) is 1. The van der Waals surface area contributed by atoms with Gasteiger partial charge in [-0.25, -0.2) is 9.97 Å². The van der Waals surface area contributed by atoms with E-state index in [9.17, 15) is 0 Å². The fraction of sp³-hybridized carbons (Fsp3) is 0.556. The largest absolute Gasteiger partial charge is 0.307 e. The Hall–Kier alpha value is -0.960. The van der Waals surface area contributed by atoms with Crippen LogP contribution >= 0.6 is 0 Å². The van der Waals surface area contributed by atoms with E-state index in [4.69, 9.17) is 0 Å². The molecule has 0 fully saturated rings. The lowest BCUT2D eigenvalue weighted by Crippen LogP contribution is -2.01. The summed E-state index contributed by atoms with van der Waals surface area (Å²) < 4.78 is 0. The van der Waals surface area contributed by atoms with E-state index in [1.54, 1.807) is 0 Å². The third kappa shape index (κ3) is 1.32. The van der Waals surface area contributed by atoms with Gasteiger partial charge in [0.15, 0.2) is 0 Å². The van der Waals surface area contributed by atoms with E-state index in [0.717, 1.165) is 31.8 Å². The van der Waals surface area contributed by atoms with Crippen molar-refractivity contribution in [2.75, 3.05) is 0 Å². The number of hydrogen-bond acceptors (Lipinski definition) is 3. The van der Waals surface area contributed by atoms with Crippen LogP contribution in [0, 0.1) is 0 Å². The molecule has 0 bridgehead atoms. The zero-order valence-corrected chi connectivity index (χ0v) is 7.30. The van der Waals surface area contributed by atoms with Crippen molar-refractivity contribution in [1.82, 2.24) is 15.3 Å². The van der Waals surface area contributed by atoms with Gasteiger partial charge in [0.1, 0.15) is 5.82 Å². The molecule has 0 amide bonds. The van der Waals surface area contributed by atoms with Crippen LogP contribution in [-0.4, -0.2) is 9.97 Å². The summed E-state index contributed by atoms with van der Waals surface area (Å²) in [6, 6.07) is 0. The van der Waals surface area contributed by atoms with Gasteiger partial charge in [0.2, 0.25) is 0 Å². The molecule has 64 valence electrons. The van der Waals surface area contributed by atoms with Gasteiger partial charge >= 0.3 is 0 Å². The Morgan fingerprint density at radius 2 is 2.42 bits per heavy atom. The first kappa shape index (κ1) is 7.68. The number of fused-ring (bicyclic) bond motifs is 1. The van der Waals surface area contributed by atoms with E-state index in [2.05, 4.69) is 22.2 Å². The van der Waals surface area contributed by atoms with Crippen molar-refractivity contribution in [3.05, 3.63) is 23.3 Å². The Bertz CT molecular complexity index is 283. The van der Waals surface area contributed by atoms with Gasteiger partial charge in [-0.15, -0.1) is 0 Å². The van der Waals surface area contributed by atoms with E-state index in [0.29, 0.717) is 0 Å². The predicted octanol–water partition coefficient (Wildman–Crippen LogP) is 1.03. The summed E-state index contributed by atoms with van der Waals surface area (Å²) >= 11 is 0. The normalized spacial score (nSPS) is 14.8. The number of rotatable bonds is 2. The molecule has 0 aliphatic carbocycles. The minimum Gasteiger partial charge on any atom is -0.307 e. The molecule has 0 unspecified atom stereocenters. The van der Waals surface area contributed by atoms with Crippen molar-refractivity contribution in [3.8, 4) is 0 Å². The molecular formula is C9H13N3. The van der Waals surface area contributed by atoms with Gasteiger partial charge in [0, 0.05) is 31.3 Å². The van der Waals surface area contributed by atoms with Gasteiger partial charge in [0.05, 0.1) is 5.69 Å². The Balaban J connectivity index is 2.26. The van der Waals surface area contributed by atoms with Gasteiger partial charge in [-0.3, -0.25) is 0 Å². The Kier molecular flexibility index (Phi) is 2.04. The highest BCUT2D eigenvalue weighted by atomic mass is 15.0. The molecule has 0 saturated heterocycles. The molecule has 0 radical (unpaired) electrons. The monoisotopic (exact) mass is 163 g/mol. The highest BCUT2D eigenvalue weighted by Crippen LogP contribution is 2.11. The second-order valence-corrected chi connectivity index (χ2v) is 3.11.